The zero-order valence-corrected chi connectivity index (χ0v) is 14.2. The van der Waals surface area contributed by atoms with Gasteiger partial charge in [-0.1, -0.05) is 53.6 Å². The molecule has 0 amide bonds. The largest absolute Gasteiger partial charge is 0.117 e. The average Bonchev–Trinajstić information content (AvgIpc) is 2.62. The molecule has 3 nitrogen and oxygen atoms in total. The van der Waals surface area contributed by atoms with Crippen LogP contribution >= 0.6 is 11.6 Å². The highest BCUT2D eigenvalue weighted by Crippen LogP contribution is 2.53. The quantitative estimate of drug-likeness (QED) is 0.204. The normalized spacial score (nSPS) is 18.6. The van der Waals surface area contributed by atoms with E-state index in [0.717, 1.165) is 16.7 Å². The molecule has 2 atom stereocenters. The van der Waals surface area contributed by atoms with Crippen LogP contribution in [0.2, 0.25) is 0 Å². The van der Waals surface area contributed by atoms with Crippen LogP contribution in [0.3, 0.4) is 0 Å². The zero-order chi connectivity index (χ0) is 16.8. The Hall–Kier alpha value is -2.48. The summed E-state index contributed by atoms with van der Waals surface area (Å²) in [6, 6.07) is 16.1. The van der Waals surface area contributed by atoms with Gasteiger partial charge >= 0.3 is 0 Å². The summed E-state index contributed by atoms with van der Waals surface area (Å²) in [6.07, 6.45) is 0. The summed E-state index contributed by atoms with van der Waals surface area (Å²) in [6.45, 7) is 4.26. The van der Waals surface area contributed by atoms with E-state index in [1.54, 1.807) is 0 Å². The van der Waals surface area contributed by atoms with Crippen molar-refractivity contribution in [2.24, 2.45) is 5.11 Å². The molecule has 0 spiro atoms. The number of hydrogen-bond acceptors (Lipinski definition) is 1. The van der Waals surface area contributed by atoms with Crippen LogP contribution in [0.1, 0.15) is 33.7 Å². The Morgan fingerprint density at radius 2 is 1.58 bits per heavy atom. The highest BCUT2D eigenvalue weighted by Gasteiger charge is 2.34. The number of rotatable bonds is 1. The van der Waals surface area contributed by atoms with Gasteiger partial charge in [-0.05, 0) is 63.5 Å². The number of halogens is 1. The predicted octanol–water partition coefficient (Wildman–Crippen LogP) is 6.77. The SMILES string of the molecule is Cc1c2c(c(C)c3ccccc13)[C@@H](Cl)[C@H](N=[N+]=[N-])c1ccccc1-2. The van der Waals surface area contributed by atoms with Gasteiger partial charge in [-0.2, -0.15) is 0 Å². The van der Waals surface area contributed by atoms with Gasteiger partial charge in [0, 0.05) is 4.91 Å². The van der Waals surface area contributed by atoms with Gasteiger partial charge in [0.15, 0.2) is 0 Å². The van der Waals surface area contributed by atoms with Crippen LogP contribution in [-0.2, 0) is 0 Å². The summed E-state index contributed by atoms with van der Waals surface area (Å²) in [5.74, 6) is 0. The lowest BCUT2D eigenvalue weighted by atomic mass is 9.76. The average molecular weight is 334 g/mol. The second-order valence-electron chi connectivity index (χ2n) is 6.22. The summed E-state index contributed by atoms with van der Waals surface area (Å²) in [5.41, 5.74) is 15.8. The summed E-state index contributed by atoms with van der Waals surface area (Å²) < 4.78 is 0. The maximum absolute atomic E-state index is 9.01. The fourth-order valence-corrected chi connectivity index (χ4v) is 4.43. The van der Waals surface area contributed by atoms with Crippen molar-refractivity contribution < 1.29 is 0 Å². The van der Waals surface area contributed by atoms with Crippen molar-refractivity contribution in [3.8, 4) is 11.1 Å². The topological polar surface area (TPSA) is 48.8 Å². The summed E-state index contributed by atoms with van der Waals surface area (Å²) >= 11 is 6.83. The van der Waals surface area contributed by atoms with Crippen molar-refractivity contribution in [2.45, 2.75) is 25.3 Å². The molecule has 0 bridgehead atoms. The van der Waals surface area contributed by atoms with E-state index in [9.17, 15) is 0 Å². The van der Waals surface area contributed by atoms with Crippen molar-refractivity contribution in [1.29, 1.82) is 0 Å². The number of azide groups is 1. The fourth-order valence-electron chi connectivity index (χ4n) is 3.97. The molecule has 3 aromatic rings. The molecule has 0 aromatic heterocycles. The second kappa shape index (κ2) is 5.55. The van der Waals surface area contributed by atoms with Crippen molar-refractivity contribution in [3.63, 3.8) is 0 Å². The Kier molecular flexibility index (Phi) is 3.49. The van der Waals surface area contributed by atoms with Gasteiger partial charge in [0.1, 0.15) is 0 Å². The standard InChI is InChI=1S/C20H16ClN3/c1-11-13-7-3-4-8-14(13)12(2)18-17(11)15-9-5-6-10-16(15)20(19(18)21)23-24-22/h3-10,19-20H,1-2H3/t19-,20-/m1/s1. The maximum atomic E-state index is 9.01. The molecule has 0 heterocycles. The maximum Gasteiger partial charge on any atom is 0.0836 e. The molecule has 0 radical (unpaired) electrons. The Bertz CT molecular complexity index is 1020. The fraction of sp³-hybridized carbons (Fsp3) is 0.200. The highest BCUT2D eigenvalue weighted by molar-refractivity contribution is 6.23. The van der Waals surface area contributed by atoms with Crippen molar-refractivity contribution in [3.05, 3.63) is 81.2 Å². The van der Waals surface area contributed by atoms with Crippen LogP contribution in [0, 0.1) is 13.8 Å². The van der Waals surface area contributed by atoms with Gasteiger partial charge in [-0.3, -0.25) is 0 Å². The highest BCUT2D eigenvalue weighted by atomic mass is 35.5. The first-order valence-corrected chi connectivity index (χ1v) is 8.38. The number of fused-ring (bicyclic) bond motifs is 4. The minimum absolute atomic E-state index is 0.367. The number of hydrogen-bond donors (Lipinski definition) is 0. The first-order chi connectivity index (χ1) is 11.6. The molecule has 1 aliphatic rings. The number of alkyl halides is 1. The third kappa shape index (κ3) is 1.96. The minimum atomic E-state index is -0.389. The van der Waals surface area contributed by atoms with Crippen LogP contribution in [0.25, 0.3) is 32.3 Å². The van der Waals surface area contributed by atoms with Gasteiger partial charge in [-0.15, -0.1) is 11.6 Å². The van der Waals surface area contributed by atoms with E-state index >= 15 is 0 Å². The van der Waals surface area contributed by atoms with Crippen molar-refractivity contribution >= 4 is 22.4 Å². The first-order valence-electron chi connectivity index (χ1n) is 7.94. The minimum Gasteiger partial charge on any atom is -0.117 e. The monoisotopic (exact) mass is 333 g/mol. The number of benzene rings is 3. The Labute approximate surface area is 145 Å². The van der Waals surface area contributed by atoms with Crippen LogP contribution < -0.4 is 0 Å². The lowest BCUT2D eigenvalue weighted by Crippen LogP contribution is -2.15. The van der Waals surface area contributed by atoms with Crippen LogP contribution in [0.5, 0.6) is 0 Å². The van der Waals surface area contributed by atoms with Gasteiger partial charge in [-0.25, -0.2) is 0 Å². The van der Waals surface area contributed by atoms with E-state index in [0.29, 0.717) is 0 Å². The number of aryl methyl sites for hydroxylation is 2. The van der Waals surface area contributed by atoms with Crippen LogP contribution in [0.4, 0.5) is 0 Å². The second-order valence-corrected chi connectivity index (χ2v) is 6.69. The molecule has 0 fully saturated rings. The van der Waals surface area contributed by atoms with E-state index in [2.05, 4.69) is 48.1 Å². The molecule has 24 heavy (non-hydrogen) atoms. The van der Waals surface area contributed by atoms with Crippen LogP contribution in [-0.4, -0.2) is 0 Å². The van der Waals surface area contributed by atoms with Crippen molar-refractivity contribution in [1.82, 2.24) is 0 Å². The molecule has 4 heteroatoms. The van der Waals surface area contributed by atoms with E-state index in [1.807, 2.05) is 24.3 Å². The molecule has 0 unspecified atom stereocenters. The molecule has 4 rings (SSSR count). The van der Waals surface area contributed by atoms with Crippen molar-refractivity contribution in [2.75, 3.05) is 0 Å². The molecule has 118 valence electrons. The van der Waals surface area contributed by atoms with Crippen LogP contribution in [0.15, 0.2) is 53.6 Å². The smallest absolute Gasteiger partial charge is 0.0836 e. The van der Waals surface area contributed by atoms with Gasteiger partial charge < -0.3 is 0 Å². The summed E-state index contributed by atoms with van der Waals surface area (Å²) in [5, 5.41) is 6.09. The molecule has 0 N–H and O–H groups in total. The van der Waals surface area contributed by atoms with E-state index < -0.39 is 0 Å². The molecule has 0 saturated heterocycles. The lowest BCUT2D eigenvalue weighted by molar-refractivity contribution is 0.680. The third-order valence-electron chi connectivity index (χ3n) is 5.06. The Balaban J connectivity index is 2.19. The first kappa shape index (κ1) is 15.1. The van der Waals surface area contributed by atoms with Gasteiger partial charge in [0.05, 0.1) is 11.4 Å². The third-order valence-corrected chi connectivity index (χ3v) is 5.52. The zero-order valence-electron chi connectivity index (χ0n) is 13.5. The lowest BCUT2D eigenvalue weighted by Gasteiger charge is -2.32. The number of nitrogens with zero attached hydrogens (tertiary/aromatic N) is 3. The molecule has 0 saturated carbocycles. The molecule has 0 aliphatic heterocycles. The molecular formula is C20H16ClN3. The summed E-state index contributed by atoms with van der Waals surface area (Å²) in [7, 11) is 0. The van der Waals surface area contributed by atoms with Gasteiger partial charge in [0.2, 0.25) is 0 Å². The predicted molar refractivity (Wildman–Crippen MR) is 99.3 cm³/mol. The molecule has 1 aliphatic carbocycles. The Morgan fingerprint density at radius 3 is 2.29 bits per heavy atom. The Morgan fingerprint density at radius 1 is 0.958 bits per heavy atom. The van der Waals surface area contributed by atoms with E-state index in [1.165, 1.54) is 27.5 Å². The molecule has 3 aromatic carbocycles. The van der Waals surface area contributed by atoms with Gasteiger partial charge in [0.25, 0.3) is 0 Å². The van der Waals surface area contributed by atoms with E-state index in [4.69, 9.17) is 17.1 Å². The van der Waals surface area contributed by atoms with E-state index in [-0.39, 0.29) is 11.4 Å². The summed E-state index contributed by atoms with van der Waals surface area (Å²) in [4.78, 5) is 3.04. The molecular weight excluding hydrogens is 318 g/mol.